The smallest absolute Gasteiger partial charge is 0.303 e. The lowest BCUT2D eigenvalue weighted by atomic mass is 9.48. The highest BCUT2D eigenvalue weighted by molar-refractivity contribution is 5.66. The zero-order valence-corrected chi connectivity index (χ0v) is 10.8. The van der Waals surface area contributed by atoms with Crippen molar-refractivity contribution in [2.75, 3.05) is 13.7 Å². The number of hydrogen-bond donors (Lipinski definition) is 0. The zero-order chi connectivity index (χ0) is 12.1. The summed E-state index contributed by atoms with van der Waals surface area (Å²) in [4.78, 5) is 11.3. The third-order valence-corrected chi connectivity index (χ3v) is 4.94. The van der Waals surface area contributed by atoms with Crippen LogP contribution < -0.4 is 0 Å². The monoisotopic (exact) mass is 238 g/mol. The minimum Gasteiger partial charge on any atom is -0.459 e. The molecule has 4 fully saturated rings. The topological polar surface area (TPSA) is 35.5 Å². The van der Waals surface area contributed by atoms with Crippen LogP contribution in [0.3, 0.4) is 0 Å². The molecule has 2 atom stereocenters. The Kier molecular flexibility index (Phi) is 2.51. The Hall–Kier alpha value is -0.570. The van der Waals surface area contributed by atoms with E-state index in [4.69, 9.17) is 9.47 Å². The number of esters is 1. The summed E-state index contributed by atoms with van der Waals surface area (Å²) >= 11 is 0. The van der Waals surface area contributed by atoms with Gasteiger partial charge >= 0.3 is 5.97 Å². The van der Waals surface area contributed by atoms with E-state index < -0.39 is 0 Å². The standard InChI is InChI=1S/C14H22O3/c1-10(15)17-14-6-11-3-12(7-14)5-13(4-11,8-14)9-16-2/h11-12H,3-9H2,1-2H3. The van der Waals surface area contributed by atoms with Crippen LogP contribution in [-0.4, -0.2) is 25.3 Å². The van der Waals surface area contributed by atoms with Crippen molar-refractivity contribution in [3.05, 3.63) is 0 Å². The van der Waals surface area contributed by atoms with Crippen LogP contribution in [0.25, 0.3) is 0 Å². The van der Waals surface area contributed by atoms with Crippen molar-refractivity contribution in [1.29, 1.82) is 0 Å². The highest BCUT2D eigenvalue weighted by atomic mass is 16.6. The van der Waals surface area contributed by atoms with Crippen molar-refractivity contribution >= 4 is 5.97 Å². The molecule has 4 aliphatic rings. The lowest BCUT2D eigenvalue weighted by Crippen LogP contribution is -2.58. The van der Waals surface area contributed by atoms with Gasteiger partial charge in [0.15, 0.2) is 0 Å². The van der Waals surface area contributed by atoms with E-state index in [2.05, 4.69) is 0 Å². The molecule has 4 saturated carbocycles. The predicted octanol–water partition coefficient (Wildman–Crippen LogP) is 2.53. The number of rotatable bonds is 3. The Morgan fingerprint density at radius 3 is 2.41 bits per heavy atom. The molecule has 0 aliphatic heterocycles. The SMILES string of the molecule is COCC12CC3CC(C1)CC(OC(C)=O)(C3)C2. The average molecular weight is 238 g/mol. The van der Waals surface area contributed by atoms with Crippen LogP contribution in [0.15, 0.2) is 0 Å². The van der Waals surface area contributed by atoms with Crippen molar-refractivity contribution in [3.63, 3.8) is 0 Å². The van der Waals surface area contributed by atoms with Gasteiger partial charge in [-0.05, 0) is 55.8 Å². The first-order valence-electron chi connectivity index (χ1n) is 6.73. The summed E-state index contributed by atoms with van der Waals surface area (Å²) in [5.41, 5.74) is 0.155. The maximum absolute atomic E-state index is 11.3. The number of methoxy groups -OCH3 is 1. The molecule has 0 spiro atoms. The predicted molar refractivity (Wildman–Crippen MR) is 63.5 cm³/mol. The fourth-order valence-electron chi connectivity index (χ4n) is 5.26. The van der Waals surface area contributed by atoms with E-state index in [1.165, 1.54) is 19.3 Å². The molecule has 0 heterocycles. The highest BCUT2D eigenvalue weighted by Crippen LogP contribution is 2.62. The van der Waals surface area contributed by atoms with E-state index in [0.717, 1.165) is 37.7 Å². The van der Waals surface area contributed by atoms with E-state index in [1.807, 2.05) is 0 Å². The van der Waals surface area contributed by atoms with Gasteiger partial charge < -0.3 is 9.47 Å². The second-order valence-corrected chi connectivity index (χ2v) is 6.67. The van der Waals surface area contributed by atoms with Gasteiger partial charge in [-0.15, -0.1) is 0 Å². The molecule has 2 unspecified atom stereocenters. The van der Waals surface area contributed by atoms with Crippen LogP contribution in [0, 0.1) is 17.3 Å². The van der Waals surface area contributed by atoms with Gasteiger partial charge in [-0.3, -0.25) is 4.79 Å². The number of hydrogen-bond acceptors (Lipinski definition) is 3. The summed E-state index contributed by atoms with van der Waals surface area (Å²) in [7, 11) is 1.79. The highest BCUT2D eigenvalue weighted by Gasteiger charge is 2.59. The van der Waals surface area contributed by atoms with Crippen molar-refractivity contribution < 1.29 is 14.3 Å². The van der Waals surface area contributed by atoms with E-state index >= 15 is 0 Å². The molecular formula is C14H22O3. The quantitative estimate of drug-likeness (QED) is 0.709. The Balaban J connectivity index is 1.86. The fraction of sp³-hybridized carbons (Fsp3) is 0.929. The third-order valence-electron chi connectivity index (χ3n) is 4.94. The Bertz CT molecular complexity index is 322. The van der Waals surface area contributed by atoms with Crippen molar-refractivity contribution in [2.45, 2.75) is 51.0 Å². The summed E-state index contributed by atoms with van der Waals surface area (Å²) in [5, 5.41) is 0. The maximum atomic E-state index is 11.3. The first-order chi connectivity index (χ1) is 8.05. The molecule has 4 bridgehead atoms. The lowest BCUT2D eigenvalue weighted by molar-refractivity contribution is -0.206. The molecule has 17 heavy (non-hydrogen) atoms. The molecule has 3 nitrogen and oxygen atoms in total. The van der Waals surface area contributed by atoms with Crippen molar-refractivity contribution in [2.24, 2.45) is 17.3 Å². The van der Waals surface area contributed by atoms with E-state index in [-0.39, 0.29) is 11.6 Å². The van der Waals surface area contributed by atoms with Crippen molar-refractivity contribution in [1.82, 2.24) is 0 Å². The molecule has 3 heteroatoms. The van der Waals surface area contributed by atoms with Crippen LogP contribution in [0.4, 0.5) is 0 Å². The van der Waals surface area contributed by atoms with E-state index in [9.17, 15) is 4.79 Å². The molecule has 0 radical (unpaired) electrons. The molecule has 0 aromatic heterocycles. The van der Waals surface area contributed by atoms with Gasteiger partial charge in [-0.1, -0.05) is 0 Å². The molecule has 4 rings (SSSR count). The minimum atomic E-state index is -0.144. The molecule has 0 saturated heterocycles. The Morgan fingerprint density at radius 1 is 1.24 bits per heavy atom. The summed E-state index contributed by atoms with van der Waals surface area (Å²) in [6, 6.07) is 0. The first-order valence-corrected chi connectivity index (χ1v) is 6.73. The van der Waals surface area contributed by atoms with E-state index in [1.54, 1.807) is 14.0 Å². The second-order valence-electron chi connectivity index (χ2n) is 6.67. The summed E-state index contributed by atoms with van der Waals surface area (Å²) in [6.45, 7) is 2.38. The van der Waals surface area contributed by atoms with Crippen LogP contribution in [0.5, 0.6) is 0 Å². The van der Waals surface area contributed by atoms with Crippen LogP contribution >= 0.6 is 0 Å². The van der Waals surface area contributed by atoms with Gasteiger partial charge in [0.25, 0.3) is 0 Å². The maximum Gasteiger partial charge on any atom is 0.303 e. The molecule has 96 valence electrons. The number of carbonyl (C=O) groups excluding carboxylic acids is 1. The van der Waals surface area contributed by atoms with Gasteiger partial charge in [0, 0.05) is 14.0 Å². The summed E-state index contributed by atoms with van der Waals surface area (Å²) in [5.74, 6) is 1.40. The van der Waals surface area contributed by atoms with Crippen LogP contribution in [0.1, 0.15) is 45.4 Å². The van der Waals surface area contributed by atoms with Crippen LogP contribution in [0.2, 0.25) is 0 Å². The average Bonchev–Trinajstić information content (AvgIpc) is 2.11. The second kappa shape index (κ2) is 3.71. The molecular weight excluding hydrogens is 216 g/mol. The largest absolute Gasteiger partial charge is 0.459 e. The lowest BCUT2D eigenvalue weighted by Gasteiger charge is -2.61. The molecule has 0 N–H and O–H groups in total. The first kappa shape index (κ1) is 11.5. The van der Waals surface area contributed by atoms with Gasteiger partial charge in [-0.2, -0.15) is 0 Å². The summed E-state index contributed by atoms with van der Waals surface area (Å²) < 4.78 is 11.2. The fourth-order valence-corrected chi connectivity index (χ4v) is 5.26. The molecule has 0 amide bonds. The zero-order valence-electron chi connectivity index (χ0n) is 10.8. The van der Waals surface area contributed by atoms with Crippen LogP contribution in [-0.2, 0) is 14.3 Å². The normalized spacial score (nSPS) is 47.2. The van der Waals surface area contributed by atoms with E-state index in [0.29, 0.717) is 5.41 Å². The number of carbonyl (C=O) groups is 1. The Labute approximate surface area is 103 Å². The van der Waals surface area contributed by atoms with Gasteiger partial charge in [0.05, 0.1) is 6.61 Å². The summed E-state index contributed by atoms with van der Waals surface area (Å²) in [6.07, 6.45) is 7.11. The third kappa shape index (κ3) is 1.88. The minimum absolute atomic E-state index is 0.112. The molecule has 0 aromatic carbocycles. The van der Waals surface area contributed by atoms with Gasteiger partial charge in [0.2, 0.25) is 0 Å². The van der Waals surface area contributed by atoms with Crippen molar-refractivity contribution in [3.8, 4) is 0 Å². The van der Waals surface area contributed by atoms with Gasteiger partial charge in [0.1, 0.15) is 5.60 Å². The molecule has 0 aromatic rings. The Morgan fingerprint density at radius 2 is 1.88 bits per heavy atom. The van der Waals surface area contributed by atoms with Gasteiger partial charge in [-0.25, -0.2) is 0 Å². The molecule has 4 aliphatic carbocycles. The number of ether oxygens (including phenoxy) is 2.